The Morgan fingerprint density at radius 1 is 1.04 bits per heavy atom. The van der Waals surface area contributed by atoms with Gasteiger partial charge in [0, 0.05) is 27.9 Å². The number of halogens is 1. The number of carbonyl (C=O) groups excluding carboxylic acids is 2. The zero-order valence-electron chi connectivity index (χ0n) is 31.4. The molecule has 12 heteroatoms. The number of benzene rings is 4. The Kier molecular flexibility index (Phi) is 9.81. The number of rotatable bonds is 9. The summed E-state index contributed by atoms with van der Waals surface area (Å²) in [6, 6.07) is 28.8. The molecule has 2 fully saturated rings. The molecule has 1 spiro atoms. The minimum atomic E-state index is -2.49. The molecule has 4 aromatic carbocycles. The minimum Gasteiger partial charge on any atom is -0.497 e. The summed E-state index contributed by atoms with van der Waals surface area (Å²) in [5.74, 6) is 0.246. The second kappa shape index (κ2) is 14.5. The number of aliphatic hydroxyl groups is 1. The molecule has 8 rings (SSSR count). The molecule has 10 nitrogen and oxygen atoms in total. The Morgan fingerprint density at radius 3 is 2.58 bits per heavy atom. The van der Waals surface area contributed by atoms with Gasteiger partial charge in [-0.3, -0.25) is 14.4 Å². The van der Waals surface area contributed by atoms with Crippen molar-refractivity contribution in [2.24, 2.45) is 5.92 Å². The van der Waals surface area contributed by atoms with Crippen LogP contribution in [0.25, 0.3) is 16.5 Å². The van der Waals surface area contributed by atoms with Crippen molar-refractivity contribution in [1.82, 2.24) is 14.7 Å². The number of ether oxygens (including phenoxy) is 2. The number of amides is 2. The van der Waals surface area contributed by atoms with Gasteiger partial charge < -0.3 is 24.4 Å². The zero-order chi connectivity index (χ0) is 38.6. The Labute approximate surface area is 329 Å². The van der Waals surface area contributed by atoms with Gasteiger partial charge in [-0.15, -0.1) is 0 Å². The first-order chi connectivity index (χ1) is 26.5. The molecule has 284 valence electrons. The number of fused-ring (bicyclic) bond motifs is 3. The van der Waals surface area contributed by atoms with Crippen molar-refractivity contribution in [3.05, 3.63) is 123 Å². The molecule has 3 aliphatic rings. The SMILES string of the molecule is COc1ccc([Si](C)(C)[C@H]2[C@H](CC(=O)N3CCC[C@H]3CO)O[C@@]3(C(=O)N(Cc4cccc(-n5ncc6ccccc6c5=O)c4)c4ccc(Br)cc43)[C@@H]2C)cc1. The van der Waals surface area contributed by atoms with E-state index in [0.29, 0.717) is 17.6 Å². The van der Waals surface area contributed by atoms with E-state index in [0.717, 1.165) is 45.3 Å². The van der Waals surface area contributed by atoms with Crippen LogP contribution in [0.1, 0.15) is 37.3 Å². The number of hydrogen-bond acceptors (Lipinski definition) is 7. The largest absolute Gasteiger partial charge is 0.497 e. The number of anilines is 1. The summed E-state index contributed by atoms with van der Waals surface area (Å²) in [6.07, 6.45) is 2.87. The van der Waals surface area contributed by atoms with E-state index in [-0.39, 0.29) is 54.4 Å². The molecule has 3 aliphatic heterocycles. The van der Waals surface area contributed by atoms with Gasteiger partial charge in [-0.25, -0.2) is 0 Å². The van der Waals surface area contributed by atoms with Crippen LogP contribution in [0, 0.1) is 5.92 Å². The van der Waals surface area contributed by atoms with E-state index in [1.165, 1.54) is 9.87 Å². The van der Waals surface area contributed by atoms with Crippen LogP contribution in [0.2, 0.25) is 18.6 Å². The van der Waals surface area contributed by atoms with E-state index >= 15 is 4.79 Å². The first-order valence-electron chi connectivity index (χ1n) is 18.9. The van der Waals surface area contributed by atoms with Crippen LogP contribution in [0.3, 0.4) is 0 Å². The molecule has 0 bridgehead atoms. The summed E-state index contributed by atoms with van der Waals surface area (Å²) in [4.78, 5) is 46.5. The van der Waals surface area contributed by atoms with Gasteiger partial charge in [0.1, 0.15) is 5.75 Å². The molecule has 0 unspecified atom stereocenters. The molecule has 5 aromatic rings. The third-order valence-electron chi connectivity index (χ3n) is 12.3. The third-order valence-corrected chi connectivity index (χ3v) is 17.1. The van der Waals surface area contributed by atoms with Crippen molar-refractivity contribution in [3.8, 4) is 11.4 Å². The molecule has 2 saturated heterocycles. The average Bonchev–Trinajstić information content (AvgIpc) is 3.85. The monoisotopic (exact) mass is 820 g/mol. The van der Waals surface area contributed by atoms with E-state index in [4.69, 9.17) is 9.47 Å². The number of hydrogen-bond donors (Lipinski definition) is 1. The lowest BCUT2D eigenvalue weighted by Gasteiger charge is -2.37. The number of methoxy groups -OCH3 is 1. The Hall–Kier alpha value is -4.62. The Balaban J connectivity index is 1.19. The van der Waals surface area contributed by atoms with Gasteiger partial charge in [-0.1, -0.05) is 83.6 Å². The molecule has 1 N–H and O–H groups in total. The molecule has 4 heterocycles. The van der Waals surface area contributed by atoms with Gasteiger partial charge >= 0.3 is 0 Å². The van der Waals surface area contributed by atoms with Gasteiger partial charge in [0.05, 0.1) is 69.9 Å². The van der Waals surface area contributed by atoms with Crippen LogP contribution in [-0.4, -0.2) is 72.1 Å². The fourth-order valence-corrected chi connectivity index (χ4v) is 13.9. The van der Waals surface area contributed by atoms with Crippen molar-refractivity contribution in [2.75, 3.05) is 25.2 Å². The lowest BCUT2D eigenvalue weighted by Crippen LogP contribution is -2.52. The van der Waals surface area contributed by atoms with Crippen molar-refractivity contribution in [1.29, 1.82) is 0 Å². The molecule has 2 amide bonds. The molecule has 0 aliphatic carbocycles. The smallest absolute Gasteiger partial charge is 0.279 e. The van der Waals surface area contributed by atoms with Crippen LogP contribution in [0.4, 0.5) is 5.69 Å². The van der Waals surface area contributed by atoms with Crippen LogP contribution < -0.4 is 20.4 Å². The highest BCUT2D eigenvalue weighted by Gasteiger charge is 2.66. The Bertz CT molecular complexity index is 2350. The molecule has 5 atom stereocenters. The summed E-state index contributed by atoms with van der Waals surface area (Å²) in [6.45, 7) is 7.48. The number of aliphatic hydroxyl groups excluding tert-OH is 1. The van der Waals surface area contributed by atoms with Gasteiger partial charge in [0.2, 0.25) is 5.91 Å². The molecule has 1 aromatic heterocycles. The fourth-order valence-electron chi connectivity index (χ4n) is 9.53. The van der Waals surface area contributed by atoms with E-state index < -0.39 is 19.8 Å². The first-order valence-corrected chi connectivity index (χ1v) is 22.8. The van der Waals surface area contributed by atoms with Crippen molar-refractivity contribution < 1.29 is 24.2 Å². The van der Waals surface area contributed by atoms with Crippen LogP contribution in [0.5, 0.6) is 5.75 Å². The summed E-state index contributed by atoms with van der Waals surface area (Å²) in [5, 5.41) is 17.1. The molecule has 0 radical (unpaired) electrons. The standard InChI is InChI=1S/C43H45BrN4O6Si/c1-27-40(55(3,4)34-17-15-33(53-2)16-18-34)38(23-39(50)46-20-8-12-32(46)26-49)54-43(27)36-22-30(44)14-19-37(36)47(42(43)52)25-28-9-7-11-31(21-28)48-41(51)35-13-6-5-10-29(35)24-45-48/h5-7,9-11,13-19,21-22,24,27,32,38,40,49H,8,12,20,23,25-26H2,1-4H3/t27-,32+,38+,40-,43+/m1/s1. The van der Waals surface area contributed by atoms with Crippen LogP contribution >= 0.6 is 15.9 Å². The third kappa shape index (κ3) is 6.23. The maximum absolute atomic E-state index is 15.3. The predicted octanol–water partition coefficient (Wildman–Crippen LogP) is 6.29. The highest BCUT2D eigenvalue weighted by Crippen LogP contribution is 2.60. The second-order valence-corrected chi connectivity index (χ2v) is 21.2. The molecular weight excluding hydrogens is 776 g/mol. The van der Waals surface area contributed by atoms with Gasteiger partial charge in [-0.2, -0.15) is 9.78 Å². The van der Waals surface area contributed by atoms with E-state index in [2.05, 4.69) is 53.2 Å². The normalized spacial score (nSPS) is 23.6. The van der Waals surface area contributed by atoms with Crippen LogP contribution in [0.15, 0.2) is 106 Å². The minimum absolute atomic E-state index is 0.0542. The van der Waals surface area contributed by atoms with Gasteiger partial charge in [0.15, 0.2) is 5.60 Å². The average molecular weight is 822 g/mol. The van der Waals surface area contributed by atoms with Gasteiger partial charge in [-0.05, 0) is 72.5 Å². The molecular formula is C43H45BrN4O6Si. The number of nitrogens with zero attached hydrogens (tertiary/aromatic N) is 4. The Morgan fingerprint density at radius 2 is 1.82 bits per heavy atom. The second-order valence-electron chi connectivity index (χ2n) is 15.6. The summed E-state index contributed by atoms with van der Waals surface area (Å²) < 4.78 is 14.9. The fraction of sp³-hybridized carbons (Fsp3) is 0.349. The molecule has 0 saturated carbocycles. The number of aromatic nitrogens is 2. The van der Waals surface area contributed by atoms with Gasteiger partial charge in [0.25, 0.3) is 11.5 Å². The van der Waals surface area contributed by atoms with Crippen molar-refractivity contribution in [2.45, 2.75) is 69.1 Å². The van der Waals surface area contributed by atoms with Crippen molar-refractivity contribution in [3.63, 3.8) is 0 Å². The zero-order valence-corrected chi connectivity index (χ0v) is 34.0. The number of likely N-dealkylation sites (tertiary alicyclic amines) is 1. The predicted molar refractivity (Wildman–Crippen MR) is 219 cm³/mol. The maximum atomic E-state index is 15.3. The summed E-state index contributed by atoms with van der Waals surface area (Å²) in [5.41, 5.74) is 1.27. The first kappa shape index (κ1) is 37.3. The topological polar surface area (TPSA) is 114 Å². The summed E-state index contributed by atoms with van der Waals surface area (Å²) in [7, 11) is -0.836. The highest BCUT2D eigenvalue weighted by molar-refractivity contribution is 9.10. The quantitative estimate of drug-likeness (QED) is 0.174. The number of carbonyl (C=O) groups is 2. The lowest BCUT2D eigenvalue weighted by atomic mass is 9.82. The highest BCUT2D eigenvalue weighted by atomic mass is 79.9. The van der Waals surface area contributed by atoms with E-state index in [1.807, 2.05) is 72.8 Å². The van der Waals surface area contributed by atoms with E-state index in [9.17, 15) is 14.7 Å². The lowest BCUT2D eigenvalue weighted by molar-refractivity contribution is -0.150. The molecule has 55 heavy (non-hydrogen) atoms. The summed E-state index contributed by atoms with van der Waals surface area (Å²) >= 11 is 3.69. The van der Waals surface area contributed by atoms with E-state index in [1.54, 1.807) is 29.2 Å². The van der Waals surface area contributed by atoms with Crippen molar-refractivity contribution >= 4 is 57.5 Å². The van der Waals surface area contributed by atoms with Crippen LogP contribution in [-0.2, 0) is 26.5 Å². The maximum Gasteiger partial charge on any atom is 0.279 e.